The summed E-state index contributed by atoms with van der Waals surface area (Å²) in [4.78, 5) is 20.8. The van der Waals surface area contributed by atoms with Crippen LogP contribution in [0.15, 0.2) is 47.8 Å². The quantitative estimate of drug-likeness (QED) is 0.303. The maximum atomic E-state index is 11.4. The van der Waals surface area contributed by atoms with Gasteiger partial charge in [-0.25, -0.2) is 9.78 Å². The predicted octanol–water partition coefficient (Wildman–Crippen LogP) is 6.52. The summed E-state index contributed by atoms with van der Waals surface area (Å²) in [5.74, 6) is 1.10. The van der Waals surface area contributed by atoms with Crippen molar-refractivity contribution in [2.24, 2.45) is 5.92 Å². The van der Waals surface area contributed by atoms with Crippen LogP contribution in [0, 0.1) is 19.8 Å². The highest BCUT2D eigenvalue weighted by atomic mass is 32.1. The minimum atomic E-state index is -1.05. The van der Waals surface area contributed by atoms with Gasteiger partial charge in [-0.05, 0) is 55.5 Å². The van der Waals surface area contributed by atoms with E-state index in [0.717, 1.165) is 61.7 Å². The van der Waals surface area contributed by atoms with Crippen molar-refractivity contribution >= 4 is 28.3 Å². The average Bonchev–Trinajstić information content (AvgIpc) is 3.21. The van der Waals surface area contributed by atoms with E-state index in [1.54, 1.807) is 11.3 Å². The van der Waals surface area contributed by atoms with Crippen molar-refractivity contribution in [3.8, 4) is 16.9 Å². The SMILES string of the molecule is Cc1ccc(-c2c(CNC(=O)O)c(CC(C)C)nc3ccc(OCc4csc(C)n4)cc23)cc1. The van der Waals surface area contributed by atoms with Gasteiger partial charge in [0.25, 0.3) is 0 Å². The summed E-state index contributed by atoms with van der Waals surface area (Å²) in [6, 6.07) is 14.2. The number of aryl methyl sites for hydroxylation is 2. The summed E-state index contributed by atoms with van der Waals surface area (Å²) in [6.45, 7) is 8.89. The fourth-order valence-electron chi connectivity index (χ4n) is 4.01. The van der Waals surface area contributed by atoms with Crippen molar-refractivity contribution in [3.63, 3.8) is 0 Å². The van der Waals surface area contributed by atoms with Crippen molar-refractivity contribution in [2.45, 2.75) is 47.3 Å². The molecule has 7 heteroatoms. The van der Waals surface area contributed by atoms with Gasteiger partial charge >= 0.3 is 6.09 Å². The van der Waals surface area contributed by atoms with E-state index in [1.807, 2.05) is 30.5 Å². The monoisotopic (exact) mass is 475 g/mol. The number of benzene rings is 2. The van der Waals surface area contributed by atoms with E-state index in [9.17, 15) is 9.90 Å². The molecule has 0 bridgehead atoms. The minimum Gasteiger partial charge on any atom is -0.487 e. The van der Waals surface area contributed by atoms with Crippen molar-refractivity contribution < 1.29 is 14.6 Å². The number of hydrogen-bond donors (Lipinski definition) is 2. The van der Waals surface area contributed by atoms with Crippen molar-refractivity contribution in [1.82, 2.24) is 15.3 Å². The topological polar surface area (TPSA) is 84.3 Å². The van der Waals surface area contributed by atoms with Crippen LogP contribution in [-0.2, 0) is 19.6 Å². The Labute approximate surface area is 203 Å². The van der Waals surface area contributed by atoms with Crippen LogP contribution < -0.4 is 10.1 Å². The van der Waals surface area contributed by atoms with E-state index in [4.69, 9.17) is 9.72 Å². The van der Waals surface area contributed by atoms with Crippen molar-refractivity contribution in [1.29, 1.82) is 0 Å². The minimum absolute atomic E-state index is 0.187. The number of aromatic nitrogens is 2. The number of ether oxygens (including phenoxy) is 1. The Bertz CT molecular complexity index is 1310. The molecule has 176 valence electrons. The smallest absolute Gasteiger partial charge is 0.404 e. The largest absolute Gasteiger partial charge is 0.487 e. The van der Waals surface area contributed by atoms with E-state index in [-0.39, 0.29) is 6.54 Å². The predicted molar refractivity (Wildman–Crippen MR) is 137 cm³/mol. The Hall–Kier alpha value is -3.45. The van der Waals surface area contributed by atoms with Crippen LogP contribution in [0.1, 0.15) is 41.4 Å². The maximum absolute atomic E-state index is 11.4. The molecule has 0 atom stereocenters. The summed E-state index contributed by atoms with van der Waals surface area (Å²) < 4.78 is 6.06. The third-order valence-electron chi connectivity index (χ3n) is 5.55. The van der Waals surface area contributed by atoms with Gasteiger partial charge in [0.05, 0.1) is 16.2 Å². The Kier molecular flexibility index (Phi) is 7.12. The number of thiazole rings is 1. The summed E-state index contributed by atoms with van der Waals surface area (Å²) in [5, 5.41) is 15.8. The highest BCUT2D eigenvalue weighted by molar-refractivity contribution is 7.09. The standard InChI is InChI=1S/C27H29N3O3S/c1-16(2)11-25-23(13-28-27(31)32)26(19-7-5-17(3)6-8-19)22-12-21(9-10-24(22)30-25)33-14-20-15-34-18(4)29-20/h5-10,12,15-16,28H,11,13-14H2,1-4H3,(H,31,32). The average molecular weight is 476 g/mol. The molecule has 2 aromatic carbocycles. The molecule has 0 aliphatic rings. The Morgan fingerprint density at radius 3 is 2.53 bits per heavy atom. The molecule has 0 aliphatic carbocycles. The van der Waals surface area contributed by atoms with E-state index >= 15 is 0 Å². The molecule has 0 spiro atoms. The number of nitrogens with zero attached hydrogens (tertiary/aromatic N) is 2. The molecule has 0 fully saturated rings. The number of pyridine rings is 1. The number of hydrogen-bond acceptors (Lipinski definition) is 5. The second kappa shape index (κ2) is 10.2. The van der Waals surface area contributed by atoms with Crippen LogP contribution in [0.3, 0.4) is 0 Å². The second-order valence-electron chi connectivity index (χ2n) is 8.86. The molecule has 0 aliphatic heterocycles. The van der Waals surface area contributed by atoms with E-state index < -0.39 is 6.09 Å². The fourth-order valence-corrected chi connectivity index (χ4v) is 4.61. The lowest BCUT2D eigenvalue weighted by Gasteiger charge is -2.19. The lowest BCUT2D eigenvalue weighted by Crippen LogP contribution is -2.22. The molecule has 34 heavy (non-hydrogen) atoms. The summed E-state index contributed by atoms with van der Waals surface area (Å²) in [7, 11) is 0. The highest BCUT2D eigenvalue weighted by Crippen LogP contribution is 2.36. The number of amides is 1. The fraction of sp³-hybridized carbons (Fsp3) is 0.296. The molecule has 4 rings (SSSR count). The lowest BCUT2D eigenvalue weighted by molar-refractivity contribution is 0.194. The van der Waals surface area contributed by atoms with E-state index in [2.05, 4.69) is 55.3 Å². The summed E-state index contributed by atoms with van der Waals surface area (Å²) in [6.07, 6.45) is -0.298. The summed E-state index contributed by atoms with van der Waals surface area (Å²) >= 11 is 1.60. The van der Waals surface area contributed by atoms with Crippen LogP contribution in [-0.4, -0.2) is 21.2 Å². The zero-order chi connectivity index (χ0) is 24.2. The molecule has 1 amide bonds. The van der Waals surface area contributed by atoms with E-state index in [1.165, 1.54) is 0 Å². The molecule has 0 saturated heterocycles. The third kappa shape index (κ3) is 5.54. The molecule has 2 N–H and O–H groups in total. The first-order chi connectivity index (χ1) is 16.3. The molecule has 4 aromatic rings. The van der Waals surface area contributed by atoms with E-state index in [0.29, 0.717) is 12.5 Å². The van der Waals surface area contributed by atoms with Crippen LogP contribution in [0.25, 0.3) is 22.0 Å². The zero-order valence-corrected chi connectivity index (χ0v) is 20.7. The summed E-state index contributed by atoms with van der Waals surface area (Å²) in [5.41, 5.74) is 6.76. The van der Waals surface area contributed by atoms with Crippen LogP contribution in [0.2, 0.25) is 0 Å². The maximum Gasteiger partial charge on any atom is 0.404 e. The van der Waals surface area contributed by atoms with Gasteiger partial charge in [0.15, 0.2) is 0 Å². The molecule has 0 unspecified atom stereocenters. The molecular formula is C27H29N3O3S. The Balaban J connectivity index is 1.86. The third-order valence-corrected chi connectivity index (χ3v) is 6.38. The van der Waals surface area contributed by atoms with Gasteiger partial charge in [-0.15, -0.1) is 11.3 Å². The number of carboxylic acid groups (broad SMARTS) is 1. The first-order valence-corrected chi connectivity index (χ1v) is 12.2. The van der Waals surface area contributed by atoms with Gasteiger partial charge in [-0.1, -0.05) is 43.7 Å². The van der Waals surface area contributed by atoms with Crippen LogP contribution in [0.5, 0.6) is 5.75 Å². The molecule has 0 radical (unpaired) electrons. The number of rotatable bonds is 8. The molecule has 2 aromatic heterocycles. The molecule has 0 saturated carbocycles. The van der Waals surface area contributed by atoms with Crippen molar-refractivity contribution in [3.05, 3.63) is 75.4 Å². The molecule has 2 heterocycles. The van der Waals surface area contributed by atoms with Gasteiger partial charge in [-0.2, -0.15) is 0 Å². The van der Waals surface area contributed by atoms with Gasteiger partial charge in [-0.3, -0.25) is 4.98 Å². The highest BCUT2D eigenvalue weighted by Gasteiger charge is 2.19. The number of carbonyl (C=O) groups is 1. The molecular weight excluding hydrogens is 446 g/mol. The van der Waals surface area contributed by atoms with Crippen LogP contribution >= 0.6 is 11.3 Å². The first kappa shape index (κ1) is 23.7. The van der Waals surface area contributed by atoms with Crippen molar-refractivity contribution in [2.75, 3.05) is 0 Å². The Morgan fingerprint density at radius 2 is 1.88 bits per heavy atom. The lowest BCUT2D eigenvalue weighted by atomic mass is 9.91. The van der Waals surface area contributed by atoms with Gasteiger partial charge in [0.1, 0.15) is 12.4 Å². The number of fused-ring (bicyclic) bond motifs is 1. The number of nitrogens with one attached hydrogen (secondary N) is 1. The van der Waals surface area contributed by atoms with Gasteiger partial charge < -0.3 is 15.2 Å². The normalized spacial score (nSPS) is 11.2. The Morgan fingerprint density at radius 1 is 1.12 bits per heavy atom. The van der Waals surface area contributed by atoms with Gasteiger partial charge in [0.2, 0.25) is 0 Å². The zero-order valence-electron chi connectivity index (χ0n) is 19.9. The second-order valence-corrected chi connectivity index (χ2v) is 9.92. The first-order valence-electron chi connectivity index (χ1n) is 11.3. The molecule has 6 nitrogen and oxygen atoms in total. The van der Waals surface area contributed by atoms with Crippen LogP contribution in [0.4, 0.5) is 4.79 Å². The van der Waals surface area contributed by atoms with Gasteiger partial charge in [0, 0.05) is 28.6 Å².